The second kappa shape index (κ2) is 5.64. The first-order chi connectivity index (χ1) is 8.98. The summed E-state index contributed by atoms with van der Waals surface area (Å²) >= 11 is 0. The second-order valence-corrected chi connectivity index (χ2v) is 6.51. The normalized spacial score (nSPS) is 29.2. The highest BCUT2D eigenvalue weighted by molar-refractivity contribution is 5.32. The molecule has 2 heteroatoms. The average molecular weight is 261 g/mol. The van der Waals surface area contributed by atoms with Gasteiger partial charge in [-0.15, -0.1) is 0 Å². The van der Waals surface area contributed by atoms with E-state index in [1.807, 2.05) is 0 Å². The summed E-state index contributed by atoms with van der Waals surface area (Å²) in [7, 11) is 0. The molecule has 1 saturated carbocycles. The predicted molar refractivity (Wildman–Crippen MR) is 80.0 cm³/mol. The highest BCUT2D eigenvalue weighted by Crippen LogP contribution is 2.47. The van der Waals surface area contributed by atoms with Crippen molar-refractivity contribution in [1.82, 2.24) is 0 Å². The molecule has 0 amide bonds. The molecule has 1 aliphatic rings. The van der Waals surface area contributed by atoms with Crippen molar-refractivity contribution in [2.75, 3.05) is 6.54 Å². The van der Waals surface area contributed by atoms with E-state index in [4.69, 9.17) is 5.73 Å². The first-order valence-corrected chi connectivity index (χ1v) is 7.44. The van der Waals surface area contributed by atoms with Gasteiger partial charge in [-0.3, -0.25) is 0 Å². The lowest BCUT2D eigenvalue weighted by atomic mass is 9.65. The lowest BCUT2D eigenvalue weighted by Gasteiger charge is -2.43. The SMILES string of the molecule is Cc1ccc(C(O)C2(CN)CCCC(C)C2)cc1C. The molecule has 2 rings (SSSR count). The number of rotatable bonds is 3. The first kappa shape index (κ1) is 14.5. The van der Waals surface area contributed by atoms with Gasteiger partial charge in [0.1, 0.15) is 0 Å². The van der Waals surface area contributed by atoms with Gasteiger partial charge in [-0.25, -0.2) is 0 Å². The molecule has 3 N–H and O–H groups in total. The van der Waals surface area contributed by atoms with Gasteiger partial charge in [0.25, 0.3) is 0 Å². The van der Waals surface area contributed by atoms with Gasteiger partial charge in [0.05, 0.1) is 6.10 Å². The molecule has 1 aromatic carbocycles. The molecular formula is C17H27NO. The third kappa shape index (κ3) is 2.85. The largest absolute Gasteiger partial charge is 0.388 e. The smallest absolute Gasteiger partial charge is 0.0858 e. The zero-order valence-corrected chi connectivity index (χ0v) is 12.4. The van der Waals surface area contributed by atoms with Crippen LogP contribution in [0.15, 0.2) is 18.2 Å². The van der Waals surface area contributed by atoms with E-state index in [1.54, 1.807) is 0 Å². The summed E-state index contributed by atoms with van der Waals surface area (Å²) in [5.41, 5.74) is 9.47. The fraction of sp³-hybridized carbons (Fsp3) is 0.647. The van der Waals surface area contributed by atoms with Crippen molar-refractivity contribution in [1.29, 1.82) is 0 Å². The lowest BCUT2D eigenvalue weighted by molar-refractivity contribution is -0.0131. The summed E-state index contributed by atoms with van der Waals surface area (Å²) in [6.45, 7) is 7.05. The molecule has 1 aromatic rings. The van der Waals surface area contributed by atoms with Crippen LogP contribution in [0.5, 0.6) is 0 Å². The number of nitrogens with two attached hydrogens (primary N) is 1. The van der Waals surface area contributed by atoms with Gasteiger partial charge < -0.3 is 10.8 Å². The molecule has 19 heavy (non-hydrogen) atoms. The molecule has 1 fully saturated rings. The Morgan fingerprint density at radius 3 is 2.68 bits per heavy atom. The van der Waals surface area contributed by atoms with E-state index in [1.165, 1.54) is 24.0 Å². The Morgan fingerprint density at radius 1 is 1.37 bits per heavy atom. The van der Waals surface area contributed by atoms with Crippen LogP contribution in [0.4, 0.5) is 0 Å². The third-order valence-electron chi connectivity index (χ3n) is 4.96. The van der Waals surface area contributed by atoms with E-state index in [2.05, 4.69) is 39.0 Å². The molecule has 3 unspecified atom stereocenters. The van der Waals surface area contributed by atoms with Crippen molar-refractivity contribution >= 4 is 0 Å². The maximum atomic E-state index is 10.8. The Labute approximate surface area is 117 Å². The number of aliphatic hydroxyl groups excluding tert-OH is 1. The number of hydrogen-bond acceptors (Lipinski definition) is 2. The Hall–Kier alpha value is -0.860. The summed E-state index contributed by atoms with van der Waals surface area (Å²) in [5, 5.41) is 10.8. The van der Waals surface area contributed by atoms with E-state index < -0.39 is 6.10 Å². The summed E-state index contributed by atoms with van der Waals surface area (Å²) in [4.78, 5) is 0. The summed E-state index contributed by atoms with van der Waals surface area (Å²) in [6, 6.07) is 6.28. The van der Waals surface area contributed by atoms with Gasteiger partial charge in [-0.2, -0.15) is 0 Å². The fourth-order valence-corrected chi connectivity index (χ4v) is 3.53. The Bertz CT molecular complexity index is 443. The van der Waals surface area contributed by atoms with Crippen molar-refractivity contribution in [2.24, 2.45) is 17.1 Å². The number of hydrogen-bond donors (Lipinski definition) is 2. The summed E-state index contributed by atoms with van der Waals surface area (Å²) < 4.78 is 0. The molecule has 1 aliphatic carbocycles. The van der Waals surface area contributed by atoms with Crippen LogP contribution in [0.3, 0.4) is 0 Å². The minimum Gasteiger partial charge on any atom is -0.388 e. The molecule has 2 nitrogen and oxygen atoms in total. The molecule has 3 atom stereocenters. The molecule has 0 spiro atoms. The maximum absolute atomic E-state index is 10.8. The first-order valence-electron chi connectivity index (χ1n) is 7.44. The topological polar surface area (TPSA) is 46.2 Å². The zero-order valence-electron chi connectivity index (χ0n) is 12.4. The van der Waals surface area contributed by atoms with Crippen molar-refractivity contribution in [2.45, 2.75) is 52.6 Å². The van der Waals surface area contributed by atoms with Gasteiger partial charge in [0, 0.05) is 12.0 Å². The van der Waals surface area contributed by atoms with Gasteiger partial charge in [-0.1, -0.05) is 38.0 Å². The standard InChI is InChI=1S/C17H27NO/c1-12-5-4-8-17(10-12,11-18)16(19)15-7-6-13(2)14(3)9-15/h6-7,9,12,16,19H,4-5,8,10-11,18H2,1-3H3. The highest BCUT2D eigenvalue weighted by Gasteiger charge is 2.40. The van der Waals surface area contributed by atoms with Crippen molar-refractivity contribution in [3.05, 3.63) is 34.9 Å². The molecule has 0 saturated heterocycles. The van der Waals surface area contributed by atoms with Gasteiger partial charge in [0.15, 0.2) is 0 Å². The van der Waals surface area contributed by atoms with Gasteiger partial charge in [0.2, 0.25) is 0 Å². The maximum Gasteiger partial charge on any atom is 0.0858 e. The van der Waals surface area contributed by atoms with Crippen LogP contribution in [0.2, 0.25) is 0 Å². The zero-order chi connectivity index (χ0) is 14.0. The van der Waals surface area contributed by atoms with Crippen LogP contribution >= 0.6 is 0 Å². The van der Waals surface area contributed by atoms with Crippen LogP contribution in [0.1, 0.15) is 55.4 Å². The average Bonchev–Trinajstić information content (AvgIpc) is 2.41. The molecule has 106 valence electrons. The minimum atomic E-state index is -0.431. The predicted octanol–water partition coefficient (Wildman–Crippen LogP) is 3.49. The molecule has 0 aliphatic heterocycles. The van der Waals surface area contributed by atoms with Gasteiger partial charge >= 0.3 is 0 Å². The lowest BCUT2D eigenvalue weighted by Crippen LogP contribution is -2.40. The van der Waals surface area contributed by atoms with Crippen LogP contribution in [0, 0.1) is 25.2 Å². The fourth-order valence-electron chi connectivity index (χ4n) is 3.53. The number of benzene rings is 1. The van der Waals surface area contributed by atoms with Crippen LogP contribution in [0.25, 0.3) is 0 Å². The van der Waals surface area contributed by atoms with Crippen LogP contribution in [-0.4, -0.2) is 11.7 Å². The molecule has 0 heterocycles. The second-order valence-electron chi connectivity index (χ2n) is 6.51. The van der Waals surface area contributed by atoms with E-state index in [0.717, 1.165) is 18.4 Å². The van der Waals surface area contributed by atoms with E-state index >= 15 is 0 Å². The quantitative estimate of drug-likeness (QED) is 0.875. The molecule has 0 aromatic heterocycles. The monoisotopic (exact) mass is 261 g/mol. The van der Waals surface area contributed by atoms with E-state index in [9.17, 15) is 5.11 Å². The molecular weight excluding hydrogens is 234 g/mol. The van der Waals surface area contributed by atoms with Crippen molar-refractivity contribution in [3.8, 4) is 0 Å². The summed E-state index contributed by atoms with van der Waals surface area (Å²) in [5.74, 6) is 0.665. The third-order valence-corrected chi connectivity index (χ3v) is 4.96. The van der Waals surface area contributed by atoms with E-state index in [-0.39, 0.29) is 5.41 Å². The van der Waals surface area contributed by atoms with Crippen LogP contribution in [-0.2, 0) is 0 Å². The Kier molecular flexibility index (Phi) is 4.32. The van der Waals surface area contributed by atoms with E-state index in [0.29, 0.717) is 12.5 Å². The Morgan fingerprint density at radius 2 is 2.11 bits per heavy atom. The summed E-state index contributed by atoms with van der Waals surface area (Å²) in [6.07, 6.45) is 4.10. The van der Waals surface area contributed by atoms with Crippen molar-refractivity contribution < 1.29 is 5.11 Å². The number of aliphatic hydroxyl groups is 1. The van der Waals surface area contributed by atoms with Crippen molar-refractivity contribution in [3.63, 3.8) is 0 Å². The van der Waals surface area contributed by atoms with Gasteiger partial charge in [-0.05, 0) is 49.3 Å². The minimum absolute atomic E-state index is 0.126. The molecule has 0 bridgehead atoms. The highest BCUT2D eigenvalue weighted by atomic mass is 16.3. The Balaban J connectivity index is 2.29. The van der Waals surface area contributed by atoms with Crippen LogP contribution < -0.4 is 5.73 Å². The number of aryl methyl sites for hydroxylation is 2. The molecule has 0 radical (unpaired) electrons.